The molecule has 0 radical (unpaired) electrons. The van der Waals surface area contributed by atoms with Gasteiger partial charge in [0, 0.05) is 6.61 Å². The van der Waals surface area contributed by atoms with Crippen LogP contribution in [-0.2, 0) is 16.0 Å². The average molecular weight is 256 g/mol. The number of aliphatic carboxylic acids is 1. The first kappa shape index (κ1) is 13.0. The molecule has 0 saturated carbocycles. The van der Waals surface area contributed by atoms with Gasteiger partial charge in [0.15, 0.2) is 0 Å². The molecule has 98 valence electrons. The molecule has 1 aromatic carbocycles. The number of benzene rings is 1. The van der Waals surface area contributed by atoms with Crippen LogP contribution in [0.3, 0.4) is 0 Å². The Bertz CT molecular complexity index is 433. The lowest BCUT2D eigenvalue weighted by Crippen LogP contribution is -2.55. The van der Waals surface area contributed by atoms with Crippen molar-refractivity contribution in [2.75, 3.05) is 13.2 Å². The predicted molar refractivity (Wildman–Crippen MR) is 60.6 cm³/mol. The van der Waals surface area contributed by atoms with Crippen LogP contribution in [0.4, 0.5) is 8.78 Å². The molecule has 1 fully saturated rings. The summed E-state index contributed by atoms with van der Waals surface area (Å²) in [5, 5.41) is 9.25. The molecule has 5 heteroatoms. The van der Waals surface area contributed by atoms with E-state index in [9.17, 15) is 18.7 Å². The molecule has 0 spiro atoms. The number of hydrogen-bond donors (Lipinski definition) is 1. The highest BCUT2D eigenvalue weighted by atomic mass is 19.3. The molecule has 1 N–H and O–H groups in total. The molecule has 2 rings (SSSR count). The molecular formula is C13H14F2O3. The summed E-state index contributed by atoms with van der Waals surface area (Å²) in [6.07, 6.45) is -0.357. The summed E-state index contributed by atoms with van der Waals surface area (Å²) < 4.78 is 32.6. The van der Waals surface area contributed by atoms with E-state index in [-0.39, 0.29) is 19.4 Å². The van der Waals surface area contributed by atoms with E-state index in [0.29, 0.717) is 5.56 Å². The number of hydrogen-bond acceptors (Lipinski definition) is 2. The molecule has 18 heavy (non-hydrogen) atoms. The standard InChI is InChI=1S/C13H14F2O3/c14-13(15)9-18-7-6-12(13,11(16)17)8-10-4-2-1-3-5-10/h1-5H,6-9H2,(H,16,17). The second-order valence-corrected chi connectivity index (χ2v) is 4.56. The molecule has 0 aromatic heterocycles. The normalized spacial score (nSPS) is 26.8. The monoisotopic (exact) mass is 256 g/mol. The Labute approximate surface area is 103 Å². The van der Waals surface area contributed by atoms with Crippen LogP contribution in [0.1, 0.15) is 12.0 Å². The Morgan fingerprint density at radius 3 is 2.56 bits per heavy atom. The van der Waals surface area contributed by atoms with Gasteiger partial charge in [0.2, 0.25) is 0 Å². The van der Waals surface area contributed by atoms with Crippen molar-refractivity contribution in [3.05, 3.63) is 35.9 Å². The first-order valence-electron chi connectivity index (χ1n) is 5.71. The Hall–Kier alpha value is -1.49. The fourth-order valence-corrected chi connectivity index (χ4v) is 2.27. The van der Waals surface area contributed by atoms with Crippen molar-refractivity contribution in [3.8, 4) is 0 Å². The molecule has 1 unspecified atom stereocenters. The van der Waals surface area contributed by atoms with E-state index >= 15 is 0 Å². The third-order valence-corrected chi connectivity index (χ3v) is 3.41. The van der Waals surface area contributed by atoms with E-state index in [2.05, 4.69) is 0 Å². The maximum absolute atomic E-state index is 14.0. The van der Waals surface area contributed by atoms with Gasteiger partial charge in [-0.3, -0.25) is 4.79 Å². The summed E-state index contributed by atoms with van der Waals surface area (Å²) in [7, 11) is 0. The zero-order chi connectivity index (χ0) is 13.2. The summed E-state index contributed by atoms with van der Waals surface area (Å²) in [5.74, 6) is -4.81. The van der Waals surface area contributed by atoms with Crippen molar-refractivity contribution >= 4 is 5.97 Å². The molecular weight excluding hydrogens is 242 g/mol. The number of halogens is 2. The Morgan fingerprint density at radius 2 is 2.00 bits per heavy atom. The second kappa shape index (κ2) is 4.65. The van der Waals surface area contributed by atoms with Crippen molar-refractivity contribution in [1.29, 1.82) is 0 Å². The lowest BCUT2D eigenvalue weighted by atomic mass is 9.72. The van der Waals surface area contributed by atoms with E-state index in [1.165, 1.54) is 0 Å². The van der Waals surface area contributed by atoms with Crippen molar-refractivity contribution in [2.24, 2.45) is 5.41 Å². The van der Waals surface area contributed by atoms with Gasteiger partial charge in [-0.15, -0.1) is 0 Å². The van der Waals surface area contributed by atoms with E-state index in [1.54, 1.807) is 30.3 Å². The molecule has 1 atom stereocenters. The van der Waals surface area contributed by atoms with Crippen LogP contribution in [0.2, 0.25) is 0 Å². The van der Waals surface area contributed by atoms with E-state index in [1.807, 2.05) is 0 Å². The molecule has 1 aliphatic heterocycles. The second-order valence-electron chi connectivity index (χ2n) is 4.56. The van der Waals surface area contributed by atoms with Crippen LogP contribution in [-0.4, -0.2) is 30.2 Å². The number of ether oxygens (including phenoxy) is 1. The van der Waals surface area contributed by atoms with Gasteiger partial charge in [-0.05, 0) is 18.4 Å². The molecule has 1 aliphatic rings. The molecule has 1 heterocycles. The van der Waals surface area contributed by atoms with Gasteiger partial charge >= 0.3 is 5.97 Å². The van der Waals surface area contributed by atoms with Crippen LogP contribution < -0.4 is 0 Å². The molecule has 3 nitrogen and oxygen atoms in total. The fraction of sp³-hybridized carbons (Fsp3) is 0.462. The van der Waals surface area contributed by atoms with Crippen molar-refractivity contribution in [3.63, 3.8) is 0 Å². The van der Waals surface area contributed by atoms with Crippen LogP contribution >= 0.6 is 0 Å². The summed E-state index contributed by atoms with van der Waals surface area (Å²) in [5.41, 5.74) is -1.46. The highest BCUT2D eigenvalue weighted by Crippen LogP contribution is 2.45. The number of carboxylic acid groups (broad SMARTS) is 1. The van der Waals surface area contributed by atoms with Crippen LogP contribution in [0, 0.1) is 5.41 Å². The maximum atomic E-state index is 14.0. The first-order chi connectivity index (χ1) is 8.48. The van der Waals surface area contributed by atoms with Gasteiger partial charge in [-0.1, -0.05) is 30.3 Å². The number of carboxylic acids is 1. The third kappa shape index (κ3) is 2.10. The van der Waals surface area contributed by atoms with Gasteiger partial charge in [0.05, 0.1) is 0 Å². The summed E-state index contributed by atoms with van der Waals surface area (Å²) in [4.78, 5) is 11.4. The SMILES string of the molecule is O=C(O)C1(Cc2ccccc2)CCOCC1(F)F. The minimum Gasteiger partial charge on any atom is -0.481 e. The topological polar surface area (TPSA) is 46.5 Å². The first-order valence-corrected chi connectivity index (χ1v) is 5.71. The largest absolute Gasteiger partial charge is 0.481 e. The molecule has 0 bridgehead atoms. The maximum Gasteiger partial charge on any atom is 0.316 e. The van der Waals surface area contributed by atoms with Crippen LogP contribution in [0.5, 0.6) is 0 Å². The Balaban J connectivity index is 2.35. The number of carbonyl (C=O) groups is 1. The average Bonchev–Trinajstić information content (AvgIpc) is 2.33. The predicted octanol–water partition coefficient (Wildman–Crippen LogP) is 2.36. The minimum atomic E-state index is -3.35. The van der Waals surface area contributed by atoms with Crippen LogP contribution in [0.25, 0.3) is 0 Å². The Morgan fingerprint density at radius 1 is 1.33 bits per heavy atom. The quantitative estimate of drug-likeness (QED) is 0.903. The van der Waals surface area contributed by atoms with Crippen LogP contribution in [0.15, 0.2) is 30.3 Å². The number of rotatable bonds is 3. The molecule has 0 amide bonds. The Kier molecular flexibility index (Phi) is 3.34. The lowest BCUT2D eigenvalue weighted by Gasteiger charge is -2.40. The van der Waals surface area contributed by atoms with Crippen molar-refractivity contribution in [2.45, 2.75) is 18.8 Å². The van der Waals surface area contributed by atoms with E-state index in [0.717, 1.165) is 0 Å². The summed E-state index contributed by atoms with van der Waals surface area (Å²) >= 11 is 0. The van der Waals surface area contributed by atoms with Gasteiger partial charge in [-0.25, -0.2) is 8.78 Å². The smallest absolute Gasteiger partial charge is 0.316 e. The highest BCUT2D eigenvalue weighted by molar-refractivity contribution is 5.76. The zero-order valence-corrected chi connectivity index (χ0v) is 9.73. The van der Waals surface area contributed by atoms with Gasteiger partial charge in [0.1, 0.15) is 12.0 Å². The van der Waals surface area contributed by atoms with E-state index in [4.69, 9.17) is 4.74 Å². The lowest BCUT2D eigenvalue weighted by molar-refractivity contribution is -0.218. The summed E-state index contributed by atoms with van der Waals surface area (Å²) in [6, 6.07) is 8.51. The summed E-state index contributed by atoms with van der Waals surface area (Å²) in [6.45, 7) is -0.777. The highest BCUT2D eigenvalue weighted by Gasteiger charge is 2.60. The zero-order valence-electron chi connectivity index (χ0n) is 9.73. The molecule has 0 aliphatic carbocycles. The molecule has 1 aromatic rings. The minimum absolute atomic E-state index is 0.0503. The third-order valence-electron chi connectivity index (χ3n) is 3.41. The van der Waals surface area contributed by atoms with Gasteiger partial charge < -0.3 is 9.84 Å². The van der Waals surface area contributed by atoms with E-state index < -0.39 is 23.9 Å². The van der Waals surface area contributed by atoms with Gasteiger partial charge in [-0.2, -0.15) is 0 Å². The van der Waals surface area contributed by atoms with Crippen molar-refractivity contribution in [1.82, 2.24) is 0 Å². The van der Waals surface area contributed by atoms with Crippen molar-refractivity contribution < 1.29 is 23.4 Å². The number of alkyl halides is 2. The van der Waals surface area contributed by atoms with Gasteiger partial charge in [0.25, 0.3) is 5.92 Å². The fourth-order valence-electron chi connectivity index (χ4n) is 2.27. The molecule has 1 saturated heterocycles.